The van der Waals surface area contributed by atoms with Crippen LogP contribution in [0.1, 0.15) is 35.2 Å². The number of halogens is 3. The number of anilines is 2. The minimum atomic E-state index is -0.984. The van der Waals surface area contributed by atoms with Crippen LogP contribution in [0.4, 0.5) is 25.3 Å². The molecule has 0 bridgehead atoms. The summed E-state index contributed by atoms with van der Waals surface area (Å²) < 4.78 is 42.7. The van der Waals surface area contributed by atoms with Crippen LogP contribution in [0.25, 0.3) is 22.0 Å². The summed E-state index contributed by atoms with van der Waals surface area (Å²) in [7, 11) is 1.62. The smallest absolute Gasteiger partial charge is 0.314 e. The Morgan fingerprint density at radius 1 is 1.05 bits per heavy atom. The molecule has 17 nitrogen and oxygen atoms in total. The van der Waals surface area contributed by atoms with Gasteiger partial charge >= 0.3 is 6.03 Å². The third-order valence-electron chi connectivity index (χ3n) is 10.6. The highest BCUT2D eigenvalue weighted by molar-refractivity contribution is 6.34. The fourth-order valence-corrected chi connectivity index (χ4v) is 7.66. The van der Waals surface area contributed by atoms with Crippen LogP contribution in [0.5, 0.6) is 11.5 Å². The minimum Gasteiger partial charge on any atom is -0.507 e. The zero-order chi connectivity index (χ0) is 42.7. The van der Waals surface area contributed by atoms with Crippen molar-refractivity contribution in [3.63, 3.8) is 0 Å². The average molecular weight is 850 g/mol. The molecule has 20 heteroatoms. The standard InChI is InChI=1S/C40H42ClF2N9O8/c1-49(15-16-59-17-18-60-23-6-5-22-21-52(38(57)24(22)19-23)28-7-8-30(54)46-37(28)56)31(55)9-10-45-40-47-35-25(36(48-40)50-11-13-51(14-12-50)39(44)58)20-26(41)32(34(35)43)33-27(42)3-2-4-29(33)53/h2-6,19-20,28,53H,7-18,21H2,1H3,(H2,44,58)(H,45,47,48)(H,46,54,56). The predicted octanol–water partition coefficient (Wildman–Crippen LogP) is 3.25. The Hall–Kier alpha value is -6.34. The number of ether oxygens (including phenoxy) is 2. The van der Waals surface area contributed by atoms with Crippen molar-refractivity contribution < 1.29 is 47.3 Å². The zero-order valence-electron chi connectivity index (χ0n) is 32.5. The number of hydrogen-bond donors (Lipinski definition) is 4. The summed E-state index contributed by atoms with van der Waals surface area (Å²) in [6, 6.07) is 8.83. The van der Waals surface area contributed by atoms with Crippen LogP contribution < -0.4 is 26.0 Å². The lowest BCUT2D eigenvalue weighted by molar-refractivity contribution is -0.137. The van der Waals surface area contributed by atoms with Crippen molar-refractivity contribution in [3.8, 4) is 22.6 Å². The van der Waals surface area contributed by atoms with Crippen molar-refractivity contribution in [1.29, 1.82) is 0 Å². The molecule has 0 spiro atoms. The van der Waals surface area contributed by atoms with E-state index in [-0.39, 0.29) is 117 Å². The Bertz CT molecular complexity index is 2340. The van der Waals surface area contributed by atoms with Gasteiger partial charge in [-0.1, -0.05) is 23.7 Å². The van der Waals surface area contributed by atoms with E-state index in [1.165, 1.54) is 32.9 Å². The van der Waals surface area contributed by atoms with E-state index in [2.05, 4.69) is 20.6 Å². The summed E-state index contributed by atoms with van der Waals surface area (Å²) in [4.78, 5) is 76.9. The predicted molar refractivity (Wildman–Crippen MR) is 214 cm³/mol. The highest BCUT2D eigenvalue weighted by atomic mass is 35.5. The molecule has 6 amide bonds. The molecular weight excluding hydrogens is 808 g/mol. The number of fused-ring (bicyclic) bond motifs is 2. The number of benzene rings is 3. The lowest BCUT2D eigenvalue weighted by Gasteiger charge is -2.35. The molecule has 3 aliphatic heterocycles. The number of phenolic OH excluding ortho intramolecular Hbond substituents is 1. The Balaban J connectivity index is 0.919. The fraction of sp³-hybridized carbons (Fsp3) is 0.375. The lowest BCUT2D eigenvalue weighted by Crippen LogP contribution is -2.52. The Labute approximate surface area is 347 Å². The van der Waals surface area contributed by atoms with Crippen molar-refractivity contribution >= 4 is 63.9 Å². The van der Waals surface area contributed by atoms with Crippen LogP contribution in [-0.4, -0.2) is 132 Å². The van der Waals surface area contributed by atoms with Gasteiger partial charge in [-0.3, -0.25) is 24.5 Å². The van der Waals surface area contributed by atoms with Crippen LogP contribution >= 0.6 is 11.6 Å². The molecule has 60 heavy (non-hydrogen) atoms. The maximum absolute atomic E-state index is 16.4. The topological polar surface area (TPSA) is 213 Å². The number of aromatic nitrogens is 2. The van der Waals surface area contributed by atoms with Gasteiger partial charge in [-0.05, 0) is 42.3 Å². The van der Waals surface area contributed by atoms with Gasteiger partial charge in [-0.25, -0.2) is 18.6 Å². The third kappa shape index (κ3) is 8.81. The average Bonchev–Trinajstić information content (AvgIpc) is 3.54. The summed E-state index contributed by atoms with van der Waals surface area (Å²) in [5, 5.41) is 15.8. The van der Waals surface area contributed by atoms with Gasteiger partial charge < -0.3 is 45.2 Å². The number of imide groups is 1. The van der Waals surface area contributed by atoms with Crippen LogP contribution in [0.3, 0.4) is 0 Å². The number of hydrogen-bond acceptors (Lipinski definition) is 12. The first kappa shape index (κ1) is 41.8. The minimum absolute atomic E-state index is 0.0158. The number of nitrogens with two attached hydrogens (primary N) is 1. The van der Waals surface area contributed by atoms with Gasteiger partial charge in [0.25, 0.3) is 5.91 Å². The number of nitrogens with one attached hydrogen (secondary N) is 2. The van der Waals surface area contributed by atoms with E-state index < -0.39 is 40.9 Å². The molecule has 0 aliphatic carbocycles. The number of phenols is 1. The molecule has 0 saturated carbocycles. The first-order valence-electron chi connectivity index (χ1n) is 19.2. The largest absolute Gasteiger partial charge is 0.507 e. The SMILES string of the molecule is CN(CCOCCOc1ccc2c(c1)C(=O)N(C1CCC(=O)NC1=O)C2)C(=O)CCNc1nc(N2CCN(C(N)=O)CC2)c2cc(Cl)c(-c3c(O)cccc3F)c(F)c2n1. The molecule has 2 saturated heterocycles. The number of urea groups is 1. The summed E-state index contributed by atoms with van der Waals surface area (Å²) in [6.07, 6.45) is 0.466. The molecule has 1 aromatic heterocycles. The second-order valence-electron chi connectivity index (χ2n) is 14.4. The number of carbonyl (C=O) groups is 5. The normalized spacial score (nSPS) is 16.6. The lowest BCUT2D eigenvalue weighted by atomic mass is 10.0. The molecular formula is C40H42ClF2N9O8. The maximum Gasteiger partial charge on any atom is 0.314 e. The first-order chi connectivity index (χ1) is 28.8. The molecule has 7 rings (SSSR count). The van der Waals surface area contributed by atoms with Gasteiger partial charge in [0.1, 0.15) is 41.3 Å². The molecule has 0 radical (unpaired) electrons. The molecule has 1 unspecified atom stereocenters. The van der Waals surface area contributed by atoms with E-state index in [0.29, 0.717) is 30.2 Å². The fourth-order valence-electron chi connectivity index (χ4n) is 7.37. The van der Waals surface area contributed by atoms with Crippen LogP contribution in [0.15, 0.2) is 42.5 Å². The van der Waals surface area contributed by atoms with E-state index in [9.17, 15) is 33.5 Å². The van der Waals surface area contributed by atoms with Gasteiger partial charge in [0, 0.05) is 82.2 Å². The summed E-state index contributed by atoms with van der Waals surface area (Å²) in [5.41, 5.74) is 5.66. The Morgan fingerprint density at radius 3 is 2.57 bits per heavy atom. The Kier molecular flexibility index (Phi) is 12.5. The molecule has 4 heterocycles. The van der Waals surface area contributed by atoms with Gasteiger partial charge in [0.05, 0.1) is 23.8 Å². The van der Waals surface area contributed by atoms with Crippen molar-refractivity contribution in [2.45, 2.75) is 31.8 Å². The highest BCUT2D eigenvalue weighted by Crippen LogP contribution is 2.42. The number of primary amides is 1. The van der Waals surface area contributed by atoms with Crippen molar-refractivity contribution in [1.82, 2.24) is 30.0 Å². The number of nitrogens with zero attached hydrogens (tertiary/aromatic N) is 6. The number of piperazine rings is 1. The van der Waals surface area contributed by atoms with Crippen LogP contribution in [0, 0.1) is 11.6 Å². The molecule has 316 valence electrons. The van der Waals surface area contributed by atoms with Gasteiger partial charge in [-0.2, -0.15) is 4.98 Å². The summed E-state index contributed by atoms with van der Waals surface area (Å²) in [6.45, 7) is 2.39. The number of rotatable bonds is 14. The van der Waals surface area contributed by atoms with Crippen LogP contribution in [-0.2, 0) is 25.7 Å². The number of aromatic hydroxyl groups is 1. The zero-order valence-corrected chi connectivity index (χ0v) is 33.3. The molecule has 4 aromatic rings. The van der Waals surface area contributed by atoms with Gasteiger partial charge in [-0.15, -0.1) is 0 Å². The molecule has 3 aromatic carbocycles. The van der Waals surface area contributed by atoms with Gasteiger partial charge in [0.15, 0.2) is 5.82 Å². The number of carbonyl (C=O) groups excluding carboxylic acids is 5. The second kappa shape index (κ2) is 17.9. The van der Waals surface area contributed by atoms with E-state index in [0.717, 1.165) is 11.6 Å². The first-order valence-corrected chi connectivity index (χ1v) is 19.6. The van der Waals surface area contributed by atoms with Crippen molar-refractivity contribution in [2.75, 3.05) is 76.4 Å². The van der Waals surface area contributed by atoms with E-state index in [4.69, 9.17) is 26.8 Å². The van der Waals surface area contributed by atoms with E-state index in [1.807, 2.05) is 4.90 Å². The number of piperidine rings is 1. The third-order valence-corrected chi connectivity index (χ3v) is 10.9. The quantitative estimate of drug-likeness (QED) is 0.106. The second-order valence-corrected chi connectivity index (χ2v) is 14.8. The summed E-state index contributed by atoms with van der Waals surface area (Å²) >= 11 is 6.53. The summed E-state index contributed by atoms with van der Waals surface area (Å²) in [5.74, 6) is -2.99. The van der Waals surface area contributed by atoms with Gasteiger partial charge in [0.2, 0.25) is 23.7 Å². The molecule has 2 fully saturated rings. The number of likely N-dealkylation sites (N-methyl/N-ethyl adjacent to an activating group) is 1. The molecule has 1 atom stereocenters. The van der Waals surface area contributed by atoms with Crippen LogP contribution in [0.2, 0.25) is 5.02 Å². The maximum atomic E-state index is 16.4. The van der Waals surface area contributed by atoms with Crippen molar-refractivity contribution in [2.24, 2.45) is 5.73 Å². The highest BCUT2D eigenvalue weighted by Gasteiger charge is 2.39. The molecule has 3 aliphatic rings. The van der Waals surface area contributed by atoms with Crippen molar-refractivity contribution in [3.05, 3.63) is 70.2 Å². The number of amides is 6. The molecule has 5 N–H and O–H groups in total. The van der Waals surface area contributed by atoms with E-state index in [1.54, 1.807) is 25.2 Å². The van der Waals surface area contributed by atoms with E-state index >= 15 is 4.39 Å². The Morgan fingerprint density at radius 2 is 1.83 bits per heavy atom. The monoisotopic (exact) mass is 849 g/mol.